The zero-order chi connectivity index (χ0) is 21.1. The Morgan fingerprint density at radius 2 is 1.86 bits per heavy atom. The van der Waals surface area contributed by atoms with Gasteiger partial charge in [-0.3, -0.25) is 0 Å². The Bertz CT molecular complexity index is 903. The van der Waals surface area contributed by atoms with Gasteiger partial charge in [-0.1, -0.05) is 24.3 Å². The Morgan fingerprint density at radius 3 is 2.55 bits per heavy atom. The molecule has 0 radical (unpaired) electrons. The van der Waals surface area contributed by atoms with Crippen LogP contribution in [0, 0.1) is 5.82 Å². The van der Waals surface area contributed by atoms with Gasteiger partial charge in [0.15, 0.2) is 15.8 Å². The van der Waals surface area contributed by atoms with Gasteiger partial charge in [0.2, 0.25) is 0 Å². The van der Waals surface area contributed by atoms with Gasteiger partial charge in [-0.25, -0.2) is 17.8 Å². The van der Waals surface area contributed by atoms with Gasteiger partial charge in [0.1, 0.15) is 5.82 Å². The molecule has 0 bridgehead atoms. The van der Waals surface area contributed by atoms with E-state index in [2.05, 4.69) is 27.8 Å². The molecule has 0 aliphatic heterocycles. The van der Waals surface area contributed by atoms with E-state index in [9.17, 15) is 12.8 Å². The third-order valence-electron chi connectivity index (χ3n) is 3.96. The van der Waals surface area contributed by atoms with Crippen molar-refractivity contribution in [3.05, 3.63) is 65.5 Å². The molecule has 8 heteroatoms. The van der Waals surface area contributed by atoms with Crippen molar-refractivity contribution in [3.63, 3.8) is 0 Å². The van der Waals surface area contributed by atoms with E-state index in [0.717, 1.165) is 18.7 Å². The van der Waals surface area contributed by atoms with Crippen molar-refractivity contribution in [2.24, 2.45) is 4.99 Å². The predicted octanol–water partition coefficient (Wildman–Crippen LogP) is 3.61. The quantitative estimate of drug-likeness (QED) is 0.257. The minimum Gasteiger partial charge on any atom is -0.357 e. The van der Waals surface area contributed by atoms with Gasteiger partial charge in [-0.05, 0) is 54.5 Å². The van der Waals surface area contributed by atoms with Crippen LogP contribution in [0.4, 0.5) is 4.39 Å². The van der Waals surface area contributed by atoms with Gasteiger partial charge < -0.3 is 10.6 Å². The van der Waals surface area contributed by atoms with E-state index >= 15 is 0 Å². The fourth-order valence-electron chi connectivity index (χ4n) is 2.66. The average Bonchev–Trinajstić information content (AvgIpc) is 2.67. The first-order valence-electron chi connectivity index (χ1n) is 9.52. The van der Waals surface area contributed by atoms with E-state index in [1.807, 2.05) is 25.1 Å². The minimum absolute atomic E-state index is 0.126. The number of nitrogens with one attached hydrogen (secondary N) is 2. The van der Waals surface area contributed by atoms with Crippen LogP contribution in [0.1, 0.15) is 24.5 Å². The third kappa shape index (κ3) is 9.32. The summed E-state index contributed by atoms with van der Waals surface area (Å²) in [5, 5.41) is 6.44. The lowest BCUT2D eigenvalue weighted by atomic mass is 10.1. The van der Waals surface area contributed by atoms with Crippen molar-refractivity contribution in [1.29, 1.82) is 0 Å². The Balaban J connectivity index is 1.92. The molecule has 158 valence electrons. The highest BCUT2D eigenvalue weighted by molar-refractivity contribution is 7.99. The second-order valence-corrected chi connectivity index (χ2v) is 9.93. The van der Waals surface area contributed by atoms with Gasteiger partial charge in [-0.2, -0.15) is 0 Å². The highest BCUT2D eigenvalue weighted by atomic mass is 32.2. The molecule has 0 spiro atoms. The molecule has 0 unspecified atom stereocenters. The molecule has 0 aliphatic carbocycles. The molecule has 0 aromatic heterocycles. The molecule has 29 heavy (non-hydrogen) atoms. The molecule has 0 heterocycles. The maximum Gasteiger partial charge on any atom is 0.191 e. The van der Waals surface area contributed by atoms with E-state index in [-0.39, 0.29) is 12.3 Å². The molecule has 2 aromatic rings. The predicted molar refractivity (Wildman–Crippen MR) is 120 cm³/mol. The second-order valence-electron chi connectivity index (χ2n) is 6.62. The number of aliphatic imine (C=N–C) groups is 1. The standard InChI is InChI=1S/C21H28FN3O2S2/c1-3-23-21(24-12-7-13-28-20-8-5-4-6-9-20)25-15-18-14-19(22)11-10-17(18)16-29(2,26)27/h4-6,8-11,14H,3,7,12-13,15-16H2,1-2H3,(H2,23,24,25). The Morgan fingerprint density at radius 1 is 1.10 bits per heavy atom. The molecule has 0 aliphatic rings. The molecular weight excluding hydrogens is 409 g/mol. The van der Waals surface area contributed by atoms with Crippen LogP contribution in [0.3, 0.4) is 0 Å². The number of rotatable bonds is 10. The van der Waals surface area contributed by atoms with Gasteiger partial charge in [0, 0.05) is 24.2 Å². The largest absolute Gasteiger partial charge is 0.357 e. The third-order valence-corrected chi connectivity index (χ3v) is 5.90. The van der Waals surface area contributed by atoms with E-state index in [1.165, 1.54) is 29.4 Å². The van der Waals surface area contributed by atoms with Crippen molar-refractivity contribution in [2.45, 2.75) is 30.5 Å². The number of sulfone groups is 1. The summed E-state index contributed by atoms with van der Waals surface area (Å²) in [6.45, 7) is 3.63. The van der Waals surface area contributed by atoms with Crippen LogP contribution < -0.4 is 10.6 Å². The monoisotopic (exact) mass is 437 g/mol. The maximum absolute atomic E-state index is 13.6. The summed E-state index contributed by atoms with van der Waals surface area (Å²) < 4.78 is 36.9. The summed E-state index contributed by atoms with van der Waals surface area (Å²) in [7, 11) is -3.21. The molecule has 0 saturated heterocycles. The normalized spacial score (nSPS) is 12.0. The number of thioether (sulfide) groups is 1. The molecule has 0 fully saturated rings. The van der Waals surface area contributed by atoms with E-state index in [4.69, 9.17) is 0 Å². The Labute approximate surface area is 177 Å². The summed E-state index contributed by atoms with van der Waals surface area (Å²) in [5.74, 6) is 1.09. The summed E-state index contributed by atoms with van der Waals surface area (Å²) in [5.41, 5.74) is 1.15. The first kappa shape index (κ1) is 23.2. The average molecular weight is 438 g/mol. The van der Waals surface area contributed by atoms with Gasteiger partial charge in [0.25, 0.3) is 0 Å². The summed E-state index contributed by atoms with van der Waals surface area (Å²) >= 11 is 1.81. The topological polar surface area (TPSA) is 70.6 Å². The molecule has 0 amide bonds. The smallest absolute Gasteiger partial charge is 0.191 e. The molecule has 2 N–H and O–H groups in total. The number of guanidine groups is 1. The van der Waals surface area contributed by atoms with E-state index < -0.39 is 15.7 Å². The molecule has 2 rings (SSSR count). The van der Waals surface area contributed by atoms with Crippen LogP contribution in [-0.4, -0.2) is 39.5 Å². The van der Waals surface area contributed by atoms with Crippen molar-refractivity contribution in [1.82, 2.24) is 10.6 Å². The van der Waals surface area contributed by atoms with Crippen LogP contribution >= 0.6 is 11.8 Å². The summed E-state index contributed by atoms with van der Waals surface area (Å²) in [6.07, 6.45) is 2.13. The van der Waals surface area contributed by atoms with E-state index in [0.29, 0.717) is 23.6 Å². The fourth-order valence-corrected chi connectivity index (χ4v) is 4.38. The number of benzene rings is 2. The number of hydrogen-bond donors (Lipinski definition) is 2. The van der Waals surface area contributed by atoms with Crippen molar-refractivity contribution < 1.29 is 12.8 Å². The first-order chi connectivity index (χ1) is 13.9. The summed E-state index contributed by atoms with van der Waals surface area (Å²) in [4.78, 5) is 5.75. The number of nitrogens with zero attached hydrogens (tertiary/aromatic N) is 1. The van der Waals surface area contributed by atoms with Crippen molar-refractivity contribution in [2.75, 3.05) is 25.1 Å². The highest BCUT2D eigenvalue weighted by Crippen LogP contribution is 2.17. The van der Waals surface area contributed by atoms with Crippen LogP contribution in [-0.2, 0) is 22.1 Å². The molecule has 0 saturated carbocycles. The zero-order valence-electron chi connectivity index (χ0n) is 16.8. The summed E-state index contributed by atoms with van der Waals surface area (Å²) in [6, 6.07) is 14.4. The first-order valence-corrected chi connectivity index (χ1v) is 12.6. The number of hydrogen-bond acceptors (Lipinski definition) is 4. The molecule has 5 nitrogen and oxygen atoms in total. The Kier molecular flexibility index (Phi) is 9.47. The second kappa shape index (κ2) is 11.8. The SMILES string of the molecule is CCNC(=NCc1cc(F)ccc1CS(C)(=O)=O)NCCCSc1ccccc1. The maximum atomic E-state index is 13.6. The van der Waals surface area contributed by atoms with Gasteiger partial charge >= 0.3 is 0 Å². The fraction of sp³-hybridized carbons (Fsp3) is 0.381. The van der Waals surface area contributed by atoms with Crippen LogP contribution in [0.2, 0.25) is 0 Å². The van der Waals surface area contributed by atoms with E-state index in [1.54, 1.807) is 11.8 Å². The van der Waals surface area contributed by atoms with Gasteiger partial charge in [-0.15, -0.1) is 11.8 Å². The number of halogens is 1. The minimum atomic E-state index is -3.21. The van der Waals surface area contributed by atoms with Gasteiger partial charge in [0.05, 0.1) is 12.3 Å². The van der Waals surface area contributed by atoms with Crippen LogP contribution in [0.15, 0.2) is 58.4 Å². The zero-order valence-corrected chi connectivity index (χ0v) is 18.5. The lowest BCUT2D eigenvalue weighted by molar-refractivity contribution is 0.600. The molecule has 0 atom stereocenters. The lowest BCUT2D eigenvalue weighted by Gasteiger charge is -2.12. The van der Waals surface area contributed by atoms with Crippen molar-refractivity contribution >= 4 is 27.6 Å². The molecule has 2 aromatic carbocycles. The highest BCUT2D eigenvalue weighted by Gasteiger charge is 2.10. The van der Waals surface area contributed by atoms with Crippen molar-refractivity contribution in [3.8, 4) is 0 Å². The molecular formula is C21H28FN3O2S2. The van der Waals surface area contributed by atoms with Crippen LogP contribution in [0.5, 0.6) is 0 Å². The lowest BCUT2D eigenvalue weighted by Crippen LogP contribution is -2.37. The Hall–Kier alpha value is -2.06. The van der Waals surface area contributed by atoms with Crippen LogP contribution in [0.25, 0.3) is 0 Å².